The molecule has 6 nitrogen and oxygen atoms in total. The van der Waals surface area contributed by atoms with Gasteiger partial charge in [0.05, 0.1) is 40.6 Å². The molecule has 0 amide bonds. The highest BCUT2D eigenvalue weighted by molar-refractivity contribution is 5.82. The van der Waals surface area contributed by atoms with Crippen LogP contribution >= 0.6 is 0 Å². The minimum atomic E-state index is 0.545. The van der Waals surface area contributed by atoms with Crippen molar-refractivity contribution in [3.63, 3.8) is 0 Å². The number of nitrogens with zero attached hydrogens (tertiary/aromatic N) is 6. The summed E-state index contributed by atoms with van der Waals surface area (Å²) in [6.45, 7) is 2.51. The molecule has 0 aliphatic heterocycles. The number of benzene rings is 1. The molecule has 0 saturated heterocycles. The van der Waals surface area contributed by atoms with Crippen LogP contribution in [0, 0.1) is 18.3 Å². The predicted octanol–water partition coefficient (Wildman–Crippen LogP) is 4.78. The molecule has 1 aromatic carbocycles. The molecule has 6 heteroatoms. The fourth-order valence-electron chi connectivity index (χ4n) is 3.59. The maximum absolute atomic E-state index is 9.19. The van der Waals surface area contributed by atoms with Gasteiger partial charge in [-0.15, -0.1) is 0 Å². The Morgan fingerprint density at radius 1 is 0.903 bits per heavy atom. The summed E-state index contributed by atoms with van der Waals surface area (Å²) in [5.74, 6) is 0. The second-order valence-electron chi connectivity index (χ2n) is 7.30. The third-order valence-electron chi connectivity index (χ3n) is 5.03. The Bertz CT molecular complexity index is 1440. The van der Waals surface area contributed by atoms with Crippen molar-refractivity contribution in [1.29, 1.82) is 5.26 Å². The van der Waals surface area contributed by atoms with E-state index < -0.39 is 0 Å². The van der Waals surface area contributed by atoms with Crippen LogP contribution in [0.3, 0.4) is 0 Å². The van der Waals surface area contributed by atoms with Crippen LogP contribution in [-0.2, 0) is 6.54 Å². The molecule has 5 aromatic rings. The van der Waals surface area contributed by atoms with Gasteiger partial charge in [-0.05, 0) is 61.0 Å². The molecule has 0 fully saturated rings. The number of fused-ring (bicyclic) bond motifs is 1. The lowest BCUT2D eigenvalue weighted by Crippen LogP contribution is -2.01. The Kier molecular flexibility index (Phi) is 4.70. The highest BCUT2D eigenvalue weighted by Gasteiger charge is 2.16. The van der Waals surface area contributed by atoms with Crippen molar-refractivity contribution in [2.45, 2.75) is 13.5 Å². The number of hydrogen-bond acceptors (Lipinski definition) is 5. The number of pyridine rings is 3. The van der Waals surface area contributed by atoms with E-state index in [4.69, 9.17) is 10.1 Å². The number of rotatable bonds is 4. The van der Waals surface area contributed by atoms with Crippen molar-refractivity contribution in [3.8, 4) is 28.7 Å². The molecule has 5 rings (SSSR count). The molecule has 0 aliphatic carbocycles. The summed E-state index contributed by atoms with van der Waals surface area (Å²) in [6, 6.07) is 23.4. The smallest absolute Gasteiger partial charge is 0.120 e. The molecular formula is C25H18N6. The van der Waals surface area contributed by atoms with Gasteiger partial charge in [0.15, 0.2) is 0 Å². The van der Waals surface area contributed by atoms with Gasteiger partial charge in [0, 0.05) is 23.7 Å². The first-order valence-corrected chi connectivity index (χ1v) is 9.92. The first-order valence-electron chi connectivity index (χ1n) is 9.92. The van der Waals surface area contributed by atoms with Crippen molar-refractivity contribution >= 4 is 11.0 Å². The van der Waals surface area contributed by atoms with Gasteiger partial charge in [-0.25, -0.2) is 4.98 Å². The first-order chi connectivity index (χ1) is 15.2. The van der Waals surface area contributed by atoms with Gasteiger partial charge < -0.3 is 0 Å². The van der Waals surface area contributed by atoms with E-state index in [9.17, 15) is 5.26 Å². The Morgan fingerprint density at radius 3 is 2.68 bits per heavy atom. The topological polar surface area (TPSA) is 80.3 Å². The van der Waals surface area contributed by atoms with E-state index in [1.54, 1.807) is 12.3 Å². The molecule has 0 bridgehead atoms. The molecule has 0 aliphatic rings. The molecule has 0 saturated carbocycles. The molecule has 31 heavy (non-hydrogen) atoms. The van der Waals surface area contributed by atoms with Crippen molar-refractivity contribution in [1.82, 2.24) is 24.7 Å². The van der Waals surface area contributed by atoms with Crippen LogP contribution in [0.2, 0.25) is 0 Å². The van der Waals surface area contributed by atoms with Crippen molar-refractivity contribution in [3.05, 3.63) is 95.9 Å². The standard InChI is InChI=1S/C25H18N6/c1-17-5-2-8-24(28-17)25-20(21-10-11-22-23(29-21)9-4-12-27-22)16-31(30-25)15-19-7-3-6-18(13-19)14-26/h2-13,16H,15H2,1H3. The van der Waals surface area contributed by atoms with Gasteiger partial charge >= 0.3 is 0 Å². The van der Waals surface area contributed by atoms with Gasteiger partial charge in [-0.1, -0.05) is 18.2 Å². The molecule has 148 valence electrons. The van der Waals surface area contributed by atoms with E-state index >= 15 is 0 Å². The van der Waals surface area contributed by atoms with Gasteiger partial charge in [0.1, 0.15) is 5.69 Å². The zero-order chi connectivity index (χ0) is 21.2. The number of aromatic nitrogens is 5. The summed E-state index contributed by atoms with van der Waals surface area (Å²) in [6.07, 6.45) is 3.75. The first kappa shape index (κ1) is 18.6. The average molecular weight is 402 g/mol. The summed E-state index contributed by atoms with van der Waals surface area (Å²) in [5, 5.41) is 14.0. The van der Waals surface area contributed by atoms with E-state index in [-0.39, 0.29) is 0 Å². The third kappa shape index (κ3) is 3.77. The fourth-order valence-corrected chi connectivity index (χ4v) is 3.59. The van der Waals surface area contributed by atoms with Crippen LogP contribution in [0.4, 0.5) is 0 Å². The normalized spacial score (nSPS) is 10.8. The fraction of sp³-hybridized carbons (Fsp3) is 0.0800. The van der Waals surface area contributed by atoms with E-state index in [1.807, 2.05) is 78.5 Å². The van der Waals surface area contributed by atoms with Crippen LogP contribution in [0.5, 0.6) is 0 Å². The molecule has 4 aromatic heterocycles. The minimum absolute atomic E-state index is 0.545. The second kappa shape index (κ2) is 7.81. The van der Waals surface area contributed by atoms with Gasteiger partial charge in [0.25, 0.3) is 0 Å². The number of aryl methyl sites for hydroxylation is 1. The Balaban J connectivity index is 1.63. The second-order valence-corrected chi connectivity index (χ2v) is 7.30. The zero-order valence-corrected chi connectivity index (χ0v) is 16.9. The summed E-state index contributed by atoms with van der Waals surface area (Å²) >= 11 is 0. The summed E-state index contributed by atoms with van der Waals surface area (Å²) in [5.41, 5.74) is 7.54. The van der Waals surface area contributed by atoms with E-state index in [0.717, 1.165) is 44.9 Å². The lowest BCUT2D eigenvalue weighted by molar-refractivity contribution is 0.689. The SMILES string of the molecule is Cc1cccc(-c2nn(Cc3cccc(C#N)c3)cc2-c2ccc3ncccc3n2)n1. The van der Waals surface area contributed by atoms with E-state index in [2.05, 4.69) is 16.0 Å². The highest BCUT2D eigenvalue weighted by Crippen LogP contribution is 2.30. The Labute approximate surface area is 179 Å². The highest BCUT2D eigenvalue weighted by atomic mass is 15.3. The maximum Gasteiger partial charge on any atom is 0.120 e. The molecule has 0 radical (unpaired) electrons. The Morgan fingerprint density at radius 2 is 1.81 bits per heavy atom. The van der Waals surface area contributed by atoms with Crippen LogP contribution in [-0.4, -0.2) is 24.7 Å². The van der Waals surface area contributed by atoms with E-state index in [0.29, 0.717) is 12.1 Å². The van der Waals surface area contributed by atoms with Crippen LogP contribution in [0.25, 0.3) is 33.7 Å². The summed E-state index contributed by atoms with van der Waals surface area (Å²) < 4.78 is 1.88. The maximum atomic E-state index is 9.19. The molecule has 0 atom stereocenters. The average Bonchev–Trinajstić information content (AvgIpc) is 3.22. The van der Waals surface area contributed by atoms with Gasteiger partial charge in [-0.2, -0.15) is 10.4 Å². The monoisotopic (exact) mass is 402 g/mol. The van der Waals surface area contributed by atoms with Gasteiger partial charge in [0.2, 0.25) is 0 Å². The van der Waals surface area contributed by atoms with Gasteiger partial charge in [-0.3, -0.25) is 14.6 Å². The van der Waals surface area contributed by atoms with E-state index in [1.165, 1.54) is 0 Å². The van der Waals surface area contributed by atoms with Crippen LogP contribution in [0.15, 0.2) is 79.1 Å². The zero-order valence-electron chi connectivity index (χ0n) is 16.9. The molecule has 0 unspecified atom stereocenters. The van der Waals surface area contributed by atoms with Crippen LogP contribution in [0.1, 0.15) is 16.8 Å². The molecule has 4 heterocycles. The number of nitriles is 1. The minimum Gasteiger partial charge on any atom is -0.267 e. The molecular weight excluding hydrogens is 384 g/mol. The number of hydrogen-bond donors (Lipinski definition) is 0. The summed E-state index contributed by atoms with van der Waals surface area (Å²) in [7, 11) is 0. The largest absolute Gasteiger partial charge is 0.267 e. The van der Waals surface area contributed by atoms with Crippen molar-refractivity contribution in [2.24, 2.45) is 0 Å². The van der Waals surface area contributed by atoms with Crippen molar-refractivity contribution < 1.29 is 0 Å². The lowest BCUT2D eigenvalue weighted by atomic mass is 10.1. The molecule has 0 spiro atoms. The predicted molar refractivity (Wildman–Crippen MR) is 119 cm³/mol. The Hall–Kier alpha value is -4.37. The lowest BCUT2D eigenvalue weighted by Gasteiger charge is -2.04. The van der Waals surface area contributed by atoms with Crippen molar-refractivity contribution in [2.75, 3.05) is 0 Å². The van der Waals surface area contributed by atoms with Crippen LogP contribution < -0.4 is 0 Å². The third-order valence-corrected chi connectivity index (χ3v) is 5.03. The molecule has 0 N–H and O–H groups in total. The quantitative estimate of drug-likeness (QED) is 0.432. The summed E-state index contributed by atoms with van der Waals surface area (Å²) in [4.78, 5) is 13.9.